The van der Waals surface area contributed by atoms with Crippen LogP contribution in [0.25, 0.3) is 11.5 Å². The molecule has 1 saturated heterocycles. The van der Waals surface area contributed by atoms with Crippen LogP contribution in [0.3, 0.4) is 0 Å². The van der Waals surface area contributed by atoms with Crippen molar-refractivity contribution in [3.63, 3.8) is 0 Å². The van der Waals surface area contributed by atoms with Crippen LogP contribution in [-0.2, 0) is 0 Å². The molecule has 0 radical (unpaired) electrons. The molecule has 0 spiro atoms. The molecular formula is C8H10N6O. The molecule has 2 aromatic rings. The number of H-pyrrole nitrogens is 1. The summed E-state index contributed by atoms with van der Waals surface area (Å²) in [6.45, 7) is 1.01. The van der Waals surface area contributed by atoms with Crippen LogP contribution in [0.1, 0.15) is 24.8 Å². The highest BCUT2D eigenvalue weighted by Crippen LogP contribution is 2.22. The third-order valence-electron chi connectivity index (χ3n) is 2.44. The molecule has 1 aliphatic heterocycles. The van der Waals surface area contributed by atoms with E-state index in [1.54, 1.807) is 6.20 Å². The molecule has 1 fully saturated rings. The lowest BCUT2D eigenvalue weighted by Crippen LogP contribution is -2.12. The predicted octanol–water partition coefficient (Wildman–Crippen LogP) is 0.279. The minimum Gasteiger partial charge on any atom is -0.337 e. The largest absolute Gasteiger partial charge is 0.337 e. The fourth-order valence-electron chi connectivity index (χ4n) is 1.69. The van der Waals surface area contributed by atoms with Gasteiger partial charge in [-0.2, -0.15) is 20.4 Å². The van der Waals surface area contributed by atoms with E-state index in [0.717, 1.165) is 19.4 Å². The highest BCUT2D eigenvalue weighted by Gasteiger charge is 2.23. The molecule has 0 saturated carbocycles. The minimum absolute atomic E-state index is 0.193. The van der Waals surface area contributed by atoms with Crippen LogP contribution in [-0.4, -0.2) is 32.1 Å². The van der Waals surface area contributed by atoms with Crippen LogP contribution < -0.4 is 5.32 Å². The smallest absolute Gasteiger partial charge is 0.244 e. The van der Waals surface area contributed by atoms with Gasteiger partial charge < -0.3 is 9.84 Å². The Balaban J connectivity index is 1.87. The lowest BCUT2D eigenvalue weighted by molar-refractivity contribution is 0.345. The summed E-state index contributed by atoms with van der Waals surface area (Å²) >= 11 is 0. The standard InChI is InChI=1S/C8H10N6O/c1-2-5(9-3-1)8-11-7(13-15-8)6-4-10-14-12-6/h4-5,9H,1-3H2,(H,10,12,14). The Labute approximate surface area is 85.3 Å². The van der Waals surface area contributed by atoms with Crippen molar-refractivity contribution in [1.29, 1.82) is 0 Å². The molecule has 0 bridgehead atoms. The summed E-state index contributed by atoms with van der Waals surface area (Å²) in [7, 11) is 0. The summed E-state index contributed by atoms with van der Waals surface area (Å²) in [6.07, 6.45) is 3.75. The van der Waals surface area contributed by atoms with Gasteiger partial charge >= 0.3 is 0 Å². The second-order valence-corrected chi connectivity index (χ2v) is 3.46. The molecule has 3 rings (SSSR count). The Morgan fingerprint density at radius 2 is 2.47 bits per heavy atom. The molecule has 1 unspecified atom stereocenters. The third-order valence-corrected chi connectivity index (χ3v) is 2.44. The molecule has 0 amide bonds. The first-order valence-corrected chi connectivity index (χ1v) is 4.86. The molecule has 0 aliphatic carbocycles. The van der Waals surface area contributed by atoms with Gasteiger partial charge in [0.25, 0.3) is 0 Å². The van der Waals surface area contributed by atoms with Crippen LogP contribution in [0, 0.1) is 0 Å². The summed E-state index contributed by atoms with van der Waals surface area (Å²) < 4.78 is 5.17. The predicted molar refractivity (Wildman–Crippen MR) is 49.7 cm³/mol. The van der Waals surface area contributed by atoms with Gasteiger partial charge in [0.05, 0.1) is 12.2 Å². The van der Waals surface area contributed by atoms with Gasteiger partial charge in [0.2, 0.25) is 11.7 Å². The number of hydrogen-bond donors (Lipinski definition) is 2. The van der Waals surface area contributed by atoms with Crippen LogP contribution in [0.4, 0.5) is 0 Å². The minimum atomic E-state index is 0.193. The third kappa shape index (κ3) is 1.50. The molecule has 7 nitrogen and oxygen atoms in total. The van der Waals surface area contributed by atoms with E-state index in [1.165, 1.54) is 0 Å². The topological polar surface area (TPSA) is 92.5 Å². The zero-order chi connectivity index (χ0) is 10.1. The molecule has 0 aromatic carbocycles. The zero-order valence-corrected chi connectivity index (χ0v) is 7.97. The van der Waals surface area contributed by atoms with Crippen molar-refractivity contribution >= 4 is 0 Å². The quantitative estimate of drug-likeness (QED) is 0.733. The summed E-state index contributed by atoms with van der Waals surface area (Å²) in [4.78, 5) is 4.27. The van der Waals surface area contributed by atoms with Crippen molar-refractivity contribution in [3.05, 3.63) is 12.1 Å². The Kier molecular flexibility index (Phi) is 1.95. The van der Waals surface area contributed by atoms with Gasteiger partial charge in [-0.25, -0.2) is 0 Å². The molecule has 78 valence electrons. The SMILES string of the molecule is c1n[nH]nc1-c1noc(C2CCCN2)n1. The second-order valence-electron chi connectivity index (χ2n) is 3.46. The van der Waals surface area contributed by atoms with Gasteiger partial charge in [-0.15, -0.1) is 0 Å². The molecule has 2 N–H and O–H groups in total. The average Bonchev–Trinajstić information content (AvgIpc) is 3.02. The molecule has 15 heavy (non-hydrogen) atoms. The second kappa shape index (κ2) is 3.43. The summed E-state index contributed by atoms with van der Waals surface area (Å²) in [6, 6.07) is 0.193. The fraction of sp³-hybridized carbons (Fsp3) is 0.500. The van der Waals surface area contributed by atoms with Crippen molar-refractivity contribution in [2.24, 2.45) is 0 Å². The van der Waals surface area contributed by atoms with Crippen molar-refractivity contribution in [1.82, 2.24) is 30.9 Å². The van der Waals surface area contributed by atoms with Crippen molar-refractivity contribution in [3.8, 4) is 11.5 Å². The first kappa shape index (κ1) is 8.54. The van der Waals surface area contributed by atoms with Gasteiger partial charge in [-0.1, -0.05) is 5.16 Å². The fourth-order valence-corrected chi connectivity index (χ4v) is 1.69. The Morgan fingerprint density at radius 1 is 1.47 bits per heavy atom. The van der Waals surface area contributed by atoms with Crippen molar-refractivity contribution < 1.29 is 4.52 Å². The number of rotatable bonds is 2. The van der Waals surface area contributed by atoms with E-state index in [4.69, 9.17) is 4.52 Å². The summed E-state index contributed by atoms with van der Waals surface area (Å²) in [5.41, 5.74) is 0.600. The average molecular weight is 206 g/mol. The van der Waals surface area contributed by atoms with Crippen molar-refractivity contribution in [2.75, 3.05) is 6.54 Å². The maximum absolute atomic E-state index is 5.17. The Hall–Kier alpha value is -1.76. The monoisotopic (exact) mass is 206 g/mol. The Morgan fingerprint density at radius 3 is 3.20 bits per heavy atom. The zero-order valence-electron chi connectivity index (χ0n) is 7.97. The van der Waals surface area contributed by atoms with E-state index in [1.807, 2.05) is 0 Å². The first-order valence-electron chi connectivity index (χ1n) is 4.86. The van der Waals surface area contributed by atoms with Gasteiger partial charge in [0, 0.05) is 0 Å². The highest BCUT2D eigenvalue weighted by molar-refractivity contribution is 5.44. The maximum atomic E-state index is 5.17. The maximum Gasteiger partial charge on any atom is 0.244 e. The summed E-state index contributed by atoms with van der Waals surface area (Å²) in [5.74, 6) is 1.11. The van der Waals surface area contributed by atoms with Crippen molar-refractivity contribution in [2.45, 2.75) is 18.9 Å². The molecule has 1 atom stereocenters. The highest BCUT2D eigenvalue weighted by atomic mass is 16.5. The van der Waals surface area contributed by atoms with E-state index in [-0.39, 0.29) is 6.04 Å². The summed E-state index contributed by atoms with van der Waals surface area (Å²) in [5, 5.41) is 17.2. The van der Waals surface area contributed by atoms with Crippen LogP contribution >= 0.6 is 0 Å². The Bertz CT molecular complexity index is 430. The lowest BCUT2D eigenvalue weighted by atomic mass is 10.2. The molecule has 2 aromatic heterocycles. The van der Waals surface area contributed by atoms with E-state index in [9.17, 15) is 0 Å². The first-order chi connectivity index (χ1) is 7.43. The van der Waals surface area contributed by atoms with Gasteiger partial charge in [0.15, 0.2) is 5.69 Å². The molecular weight excluding hydrogens is 196 g/mol. The van der Waals surface area contributed by atoms with E-state index < -0.39 is 0 Å². The molecule has 7 heteroatoms. The normalized spacial score (nSPS) is 20.9. The van der Waals surface area contributed by atoms with Crippen LogP contribution in [0.5, 0.6) is 0 Å². The number of hydrogen-bond acceptors (Lipinski definition) is 6. The number of nitrogens with zero attached hydrogens (tertiary/aromatic N) is 4. The van der Waals surface area contributed by atoms with Gasteiger partial charge in [-0.05, 0) is 19.4 Å². The van der Waals surface area contributed by atoms with Gasteiger partial charge in [0.1, 0.15) is 0 Å². The number of nitrogens with one attached hydrogen (secondary N) is 2. The lowest BCUT2D eigenvalue weighted by Gasteiger charge is -2.00. The molecule has 3 heterocycles. The van der Waals surface area contributed by atoms with E-state index in [0.29, 0.717) is 17.4 Å². The van der Waals surface area contributed by atoms with Gasteiger partial charge in [-0.3, -0.25) is 0 Å². The van der Waals surface area contributed by atoms with Crippen LogP contribution in [0.15, 0.2) is 10.7 Å². The van der Waals surface area contributed by atoms with E-state index >= 15 is 0 Å². The van der Waals surface area contributed by atoms with Crippen LogP contribution in [0.2, 0.25) is 0 Å². The van der Waals surface area contributed by atoms with E-state index in [2.05, 4.69) is 30.9 Å². The number of aromatic nitrogens is 5. The molecule has 1 aliphatic rings. The number of aromatic amines is 1.